The molecule has 4 bridgehead atoms. The van der Waals surface area contributed by atoms with Crippen LogP contribution in [0.25, 0.3) is 0 Å². The average molecular weight is 401 g/mol. The van der Waals surface area contributed by atoms with Crippen molar-refractivity contribution in [1.82, 2.24) is 5.32 Å². The van der Waals surface area contributed by atoms with E-state index in [1.807, 2.05) is 6.92 Å². The van der Waals surface area contributed by atoms with Gasteiger partial charge in [-0.2, -0.15) is 0 Å². The second-order valence-corrected chi connectivity index (χ2v) is 9.22. The van der Waals surface area contributed by atoms with Crippen molar-refractivity contribution in [2.45, 2.75) is 51.9 Å². The minimum Gasteiger partial charge on any atom is -0.493 e. The van der Waals surface area contributed by atoms with E-state index in [2.05, 4.69) is 10.6 Å². The van der Waals surface area contributed by atoms with Crippen LogP contribution < -0.4 is 20.1 Å². The molecule has 0 aromatic heterocycles. The van der Waals surface area contributed by atoms with Crippen molar-refractivity contribution in [3.05, 3.63) is 18.2 Å². The van der Waals surface area contributed by atoms with Gasteiger partial charge in [-0.05, 0) is 80.8 Å². The van der Waals surface area contributed by atoms with Gasteiger partial charge in [0.15, 0.2) is 11.5 Å². The summed E-state index contributed by atoms with van der Waals surface area (Å²) in [6.45, 7) is 2.43. The smallest absolute Gasteiger partial charge is 0.243 e. The number of carbonyl (C=O) groups is 2. The van der Waals surface area contributed by atoms with E-state index in [9.17, 15) is 9.59 Å². The average Bonchev–Trinajstić information content (AvgIpc) is 2.66. The molecule has 1 aromatic rings. The van der Waals surface area contributed by atoms with Crippen LogP contribution in [0.3, 0.4) is 0 Å². The fourth-order valence-electron chi connectivity index (χ4n) is 6.31. The first-order chi connectivity index (χ1) is 14.0. The summed E-state index contributed by atoms with van der Waals surface area (Å²) < 4.78 is 10.8. The number of amides is 2. The van der Waals surface area contributed by atoms with Crippen LogP contribution in [0.4, 0.5) is 5.69 Å². The molecule has 6 heteroatoms. The fourth-order valence-corrected chi connectivity index (χ4v) is 6.31. The molecular formula is C23H32N2O4. The molecule has 5 rings (SSSR count). The quantitative estimate of drug-likeness (QED) is 0.697. The predicted molar refractivity (Wildman–Crippen MR) is 111 cm³/mol. The molecular weight excluding hydrogens is 368 g/mol. The number of benzene rings is 1. The van der Waals surface area contributed by atoms with Gasteiger partial charge >= 0.3 is 0 Å². The third kappa shape index (κ3) is 4.51. The summed E-state index contributed by atoms with van der Waals surface area (Å²) in [6.07, 6.45) is 8.28. The first-order valence-electron chi connectivity index (χ1n) is 10.9. The molecule has 0 aliphatic heterocycles. The zero-order valence-electron chi connectivity index (χ0n) is 17.5. The van der Waals surface area contributed by atoms with Gasteiger partial charge in [0.05, 0.1) is 20.3 Å². The fraction of sp³-hybridized carbons (Fsp3) is 0.652. The second kappa shape index (κ2) is 8.25. The van der Waals surface area contributed by atoms with Gasteiger partial charge in [-0.1, -0.05) is 0 Å². The van der Waals surface area contributed by atoms with Gasteiger partial charge < -0.3 is 20.1 Å². The lowest BCUT2D eigenvalue weighted by molar-refractivity contribution is -0.131. The van der Waals surface area contributed by atoms with Gasteiger partial charge in [-0.3, -0.25) is 9.59 Å². The Bertz CT molecular complexity index is 741. The maximum absolute atomic E-state index is 12.6. The largest absolute Gasteiger partial charge is 0.493 e. The molecule has 4 fully saturated rings. The monoisotopic (exact) mass is 400 g/mol. The maximum Gasteiger partial charge on any atom is 0.243 e. The van der Waals surface area contributed by atoms with Crippen LogP contribution in [0.2, 0.25) is 0 Å². The van der Waals surface area contributed by atoms with Crippen molar-refractivity contribution < 1.29 is 19.1 Å². The Morgan fingerprint density at radius 1 is 1.03 bits per heavy atom. The summed E-state index contributed by atoms with van der Waals surface area (Å²) in [4.78, 5) is 24.9. The lowest BCUT2D eigenvalue weighted by atomic mass is 9.49. The third-order valence-electron chi connectivity index (χ3n) is 6.89. The number of rotatable bonds is 8. The lowest BCUT2D eigenvalue weighted by Crippen LogP contribution is -2.48. The van der Waals surface area contributed by atoms with Gasteiger partial charge in [-0.25, -0.2) is 0 Å². The molecule has 0 unspecified atom stereocenters. The van der Waals surface area contributed by atoms with Gasteiger partial charge in [-0.15, -0.1) is 0 Å². The highest BCUT2D eigenvalue weighted by atomic mass is 16.5. The van der Waals surface area contributed by atoms with E-state index in [1.165, 1.54) is 38.5 Å². The molecule has 4 aliphatic carbocycles. The number of ether oxygens (including phenoxy) is 2. The summed E-state index contributed by atoms with van der Waals surface area (Å²) >= 11 is 0. The number of methoxy groups -OCH3 is 1. The maximum atomic E-state index is 12.6. The van der Waals surface area contributed by atoms with Crippen LogP contribution in [-0.4, -0.2) is 32.1 Å². The molecule has 6 nitrogen and oxygen atoms in total. The number of nitrogens with one attached hydrogen (secondary N) is 2. The highest BCUT2D eigenvalue weighted by Crippen LogP contribution is 2.61. The van der Waals surface area contributed by atoms with Crippen molar-refractivity contribution in [3.63, 3.8) is 0 Å². The lowest BCUT2D eigenvalue weighted by Gasteiger charge is -2.56. The molecule has 4 aliphatic rings. The van der Waals surface area contributed by atoms with Crippen molar-refractivity contribution in [2.24, 2.45) is 23.2 Å². The van der Waals surface area contributed by atoms with Crippen LogP contribution in [0.15, 0.2) is 18.2 Å². The molecule has 0 spiro atoms. The Labute approximate surface area is 172 Å². The molecule has 29 heavy (non-hydrogen) atoms. The topological polar surface area (TPSA) is 76.7 Å². The predicted octanol–water partition coefficient (Wildman–Crippen LogP) is 3.76. The summed E-state index contributed by atoms with van der Waals surface area (Å²) in [7, 11) is 1.56. The summed E-state index contributed by atoms with van der Waals surface area (Å²) in [6, 6.07) is 5.26. The highest BCUT2D eigenvalue weighted by molar-refractivity contribution is 5.94. The Morgan fingerprint density at radius 3 is 2.28 bits per heavy atom. The SMILES string of the molecule is CCOc1ccc(NC(=O)CNC(=O)CC23CC4CC(CC(C4)C2)C3)cc1OC. The van der Waals surface area contributed by atoms with Crippen molar-refractivity contribution in [3.8, 4) is 11.5 Å². The molecule has 1 aromatic carbocycles. The third-order valence-corrected chi connectivity index (χ3v) is 6.89. The zero-order chi connectivity index (χ0) is 20.4. The Kier molecular flexibility index (Phi) is 5.70. The van der Waals surface area contributed by atoms with E-state index >= 15 is 0 Å². The summed E-state index contributed by atoms with van der Waals surface area (Å²) in [5.74, 6) is 3.44. The second-order valence-electron chi connectivity index (χ2n) is 9.22. The van der Waals surface area contributed by atoms with Gasteiger partial charge in [0.25, 0.3) is 0 Å². The number of hydrogen-bond donors (Lipinski definition) is 2. The Hall–Kier alpha value is -2.24. The van der Waals surface area contributed by atoms with Gasteiger partial charge in [0.2, 0.25) is 11.8 Å². The van der Waals surface area contributed by atoms with E-state index in [0.29, 0.717) is 30.2 Å². The molecule has 0 radical (unpaired) electrons. The highest BCUT2D eigenvalue weighted by Gasteiger charge is 2.51. The van der Waals surface area contributed by atoms with E-state index in [4.69, 9.17) is 9.47 Å². The standard InChI is InChI=1S/C23H32N2O4/c1-3-29-19-5-4-18(9-20(19)28-2)25-22(27)14-24-21(26)13-23-10-15-6-16(11-23)8-17(7-15)12-23/h4-5,9,15-17H,3,6-8,10-14H2,1-2H3,(H,24,26)(H,25,27). The van der Waals surface area contributed by atoms with Crippen molar-refractivity contribution in [1.29, 1.82) is 0 Å². The van der Waals surface area contributed by atoms with E-state index < -0.39 is 0 Å². The molecule has 2 amide bonds. The van der Waals surface area contributed by atoms with Crippen molar-refractivity contribution >= 4 is 17.5 Å². The zero-order valence-corrected chi connectivity index (χ0v) is 17.5. The number of hydrogen-bond acceptors (Lipinski definition) is 4. The summed E-state index contributed by atoms with van der Waals surface area (Å²) in [5.41, 5.74) is 0.809. The van der Waals surface area contributed by atoms with Gasteiger partial charge in [0.1, 0.15) is 0 Å². The number of carbonyl (C=O) groups excluding carboxylic acids is 2. The van der Waals surface area contributed by atoms with Crippen LogP contribution in [-0.2, 0) is 9.59 Å². The van der Waals surface area contributed by atoms with Crippen LogP contribution >= 0.6 is 0 Å². The first-order valence-corrected chi connectivity index (χ1v) is 10.9. The first kappa shape index (κ1) is 20.0. The minimum atomic E-state index is -0.241. The Morgan fingerprint density at radius 2 is 1.69 bits per heavy atom. The molecule has 2 N–H and O–H groups in total. The van der Waals surface area contributed by atoms with Crippen LogP contribution in [0.1, 0.15) is 51.9 Å². The molecule has 158 valence electrons. The van der Waals surface area contributed by atoms with Gasteiger partial charge in [0, 0.05) is 18.2 Å². The van der Waals surface area contributed by atoms with E-state index in [1.54, 1.807) is 25.3 Å². The molecule has 0 saturated heterocycles. The Balaban J connectivity index is 1.27. The number of anilines is 1. The molecule has 0 heterocycles. The molecule has 4 saturated carbocycles. The van der Waals surface area contributed by atoms with E-state index in [-0.39, 0.29) is 23.8 Å². The van der Waals surface area contributed by atoms with Crippen LogP contribution in [0.5, 0.6) is 11.5 Å². The molecule has 0 atom stereocenters. The minimum absolute atomic E-state index is 0.00590. The van der Waals surface area contributed by atoms with Crippen molar-refractivity contribution in [2.75, 3.05) is 25.6 Å². The van der Waals surface area contributed by atoms with Crippen LogP contribution in [0, 0.1) is 23.2 Å². The van der Waals surface area contributed by atoms with E-state index in [0.717, 1.165) is 17.8 Å². The normalized spacial score (nSPS) is 29.4. The summed E-state index contributed by atoms with van der Waals surface area (Å²) in [5, 5.41) is 5.64.